The summed E-state index contributed by atoms with van der Waals surface area (Å²) >= 11 is 0. The van der Waals surface area contributed by atoms with Gasteiger partial charge in [-0.05, 0) is 131 Å². The molecule has 0 amide bonds. The van der Waals surface area contributed by atoms with Crippen molar-refractivity contribution < 1.29 is 9.50 Å². The minimum Gasteiger partial charge on any atom is -0.508 e. The SMILES string of the molecule is Oc1ccc(-n2c(-c3ccc(-c4ccc5c(-c6ccc7ccccc7c6)c6ccccc6c(-c6ccc7ccccc7c6)c5c4)cc3F)nc(-c3ccccc3)c2-c2ccccc2)cc1. The van der Waals surface area contributed by atoms with Gasteiger partial charge in [0.25, 0.3) is 0 Å². The molecule has 0 atom stereocenters. The van der Waals surface area contributed by atoms with Gasteiger partial charge in [0.2, 0.25) is 0 Å². The van der Waals surface area contributed by atoms with Crippen molar-refractivity contribution in [2.45, 2.75) is 0 Å². The molecule has 0 bridgehead atoms. The summed E-state index contributed by atoms with van der Waals surface area (Å²) in [4.78, 5) is 5.24. The minimum atomic E-state index is -0.392. The van der Waals surface area contributed by atoms with Crippen LogP contribution < -0.4 is 0 Å². The molecule has 65 heavy (non-hydrogen) atoms. The summed E-state index contributed by atoms with van der Waals surface area (Å²) in [5.41, 5.74) is 10.8. The topological polar surface area (TPSA) is 38.0 Å². The molecule has 12 aromatic rings. The number of benzene rings is 11. The van der Waals surface area contributed by atoms with E-state index >= 15 is 4.39 Å². The van der Waals surface area contributed by atoms with Crippen molar-refractivity contribution in [2.24, 2.45) is 0 Å². The van der Waals surface area contributed by atoms with Gasteiger partial charge in [-0.1, -0.05) is 176 Å². The Labute approximate surface area is 375 Å². The number of nitrogens with zero attached hydrogens (tertiary/aromatic N) is 2. The highest BCUT2D eigenvalue weighted by Crippen LogP contribution is 2.46. The van der Waals surface area contributed by atoms with Gasteiger partial charge in [0, 0.05) is 16.8 Å². The Bertz CT molecular complexity index is 3780. The highest BCUT2D eigenvalue weighted by molar-refractivity contribution is 6.22. The first-order valence-corrected chi connectivity index (χ1v) is 21.9. The van der Waals surface area contributed by atoms with Gasteiger partial charge in [-0.15, -0.1) is 0 Å². The van der Waals surface area contributed by atoms with Crippen LogP contribution >= 0.6 is 0 Å². The van der Waals surface area contributed by atoms with E-state index in [4.69, 9.17) is 4.98 Å². The summed E-state index contributed by atoms with van der Waals surface area (Å²) < 4.78 is 19.3. The molecule has 4 heteroatoms. The lowest BCUT2D eigenvalue weighted by molar-refractivity contribution is 0.475. The molecule has 1 heterocycles. The highest BCUT2D eigenvalue weighted by atomic mass is 19.1. The molecule has 0 aliphatic rings. The number of aromatic hydroxyl groups is 1. The van der Waals surface area contributed by atoms with Gasteiger partial charge in [-0.25, -0.2) is 9.37 Å². The van der Waals surface area contributed by atoms with Crippen LogP contribution in [0.5, 0.6) is 5.75 Å². The van der Waals surface area contributed by atoms with Crippen LogP contribution in [-0.4, -0.2) is 14.7 Å². The van der Waals surface area contributed by atoms with Crippen molar-refractivity contribution in [1.82, 2.24) is 9.55 Å². The maximum absolute atomic E-state index is 17.3. The number of halogens is 1. The van der Waals surface area contributed by atoms with Gasteiger partial charge in [0.05, 0.1) is 17.0 Å². The van der Waals surface area contributed by atoms with Gasteiger partial charge in [-0.2, -0.15) is 0 Å². The molecule has 0 fully saturated rings. The van der Waals surface area contributed by atoms with Gasteiger partial charge < -0.3 is 5.11 Å². The first-order valence-electron chi connectivity index (χ1n) is 21.9. The zero-order valence-corrected chi connectivity index (χ0v) is 35.2. The van der Waals surface area contributed by atoms with E-state index in [0.717, 1.165) is 72.2 Å². The average Bonchev–Trinajstić information content (AvgIpc) is 3.76. The monoisotopic (exact) mass is 834 g/mol. The van der Waals surface area contributed by atoms with Crippen LogP contribution in [0.2, 0.25) is 0 Å². The molecule has 1 N–H and O–H groups in total. The first kappa shape index (κ1) is 38.1. The fraction of sp³-hybridized carbons (Fsp3) is 0. The van der Waals surface area contributed by atoms with E-state index in [1.165, 1.54) is 32.5 Å². The summed E-state index contributed by atoms with van der Waals surface area (Å²) in [5, 5.41) is 19.6. The minimum absolute atomic E-state index is 0.145. The maximum Gasteiger partial charge on any atom is 0.148 e. The Hall–Kier alpha value is -8.60. The van der Waals surface area contributed by atoms with Crippen LogP contribution in [0.25, 0.3) is 116 Å². The standard InChI is InChI=1S/C61H39FN2O/c62-56-38-46(28-34-54(56)61-63-59(41-15-3-1-4-16-41)60(42-17-5-2-6-18-42)64(61)49-29-31-50(65)32-30-49)45-27-33-53-55(37-45)58(48-26-24-40-14-8-10-20-44(40)36-48)52-22-12-11-21-51(52)57(53)47-25-23-39-13-7-9-19-43(39)35-47/h1-38,65H. The van der Waals surface area contributed by atoms with Crippen molar-refractivity contribution in [3.8, 4) is 78.7 Å². The largest absolute Gasteiger partial charge is 0.508 e. The second-order valence-corrected chi connectivity index (χ2v) is 16.6. The van der Waals surface area contributed by atoms with E-state index in [1.54, 1.807) is 18.2 Å². The predicted octanol–water partition coefficient (Wildman–Crippen LogP) is 16.3. The predicted molar refractivity (Wildman–Crippen MR) is 268 cm³/mol. The Balaban J connectivity index is 1.08. The van der Waals surface area contributed by atoms with Gasteiger partial charge >= 0.3 is 0 Å². The summed E-state index contributed by atoms with van der Waals surface area (Å²) in [6.45, 7) is 0. The third kappa shape index (κ3) is 6.63. The normalized spacial score (nSPS) is 11.5. The van der Waals surface area contributed by atoms with Crippen LogP contribution in [0.1, 0.15) is 0 Å². The molecule has 0 aliphatic carbocycles. The molecule has 12 rings (SSSR count). The van der Waals surface area contributed by atoms with Crippen LogP contribution in [-0.2, 0) is 0 Å². The molecular weight excluding hydrogens is 796 g/mol. The fourth-order valence-electron chi connectivity index (χ4n) is 9.66. The number of rotatable bonds is 7. The number of hydrogen-bond donors (Lipinski definition) is 1. The number of hydrogen-bond acceptors (Lipinski definition) is 2. The Kier molecular flexibility index (Phi) is 9.17. The average molecular weight is 835 g/mol. The number of fused-ring (bicyclic) bond motifs is 4. The fourth-order valence-corrected chi connectivity index (χ4v) is 9.66. The lowest BCUT2D eigenvalue weighted by Gasteiger charge is -2.19. The highest BCUT2D eigenvalue weighted by Gasteiger charge is 2.25. The maximum atomic E-state index is 17.3. The second kappa shape index (κ2) is 15.6. The van der Waals surface area contributed by atoms with Crippen molar-refractivity contribution in [1.29, 1.82) is 0 Å². The summed E-state index contributed by atoms with van der Waals surface area (Å²) in [6.07, 6.45) is 0. The molecule has 3 nitrogen and oxygen atoms in total. The van der Waals surface area contributed by atoms with E-state index in [9.17, 15) is 5.11 Å². The van der Waals surface area contributed by atoms with Crippen molar-refractivity contribution in [3.63, 3.8) is 0 Å². The second-order valence-electron chi connectivity index (χ2n) is 16.6. The lowest BCUT2D eigenvalue weighted by Crippen LogP contribution is -2.01. The van der Waals surface area contributed by atoms with E-state index in [2.05, 4.69) is 127 Å². The third-order valence-corrected chi connectivity index (χ3v) is 12.7. The molecule has 0 spiro atoms. The zero-order chi connectivity index (χ0) is 43.4. The Morgan fingerprint density at radius 3 is 1.48 bits per heavy atom. The van der Waals surface area contributed by atoms with Crippen molar-refractivity contribution in [3.05, 3.63) is 236 Å². The quantitative estimate of drug-likeness (QED) is 0.162. The number of imidazole rings is 1. The summed E-state index contributed by atoms with van der Waals surface area (Å²) in [6, 6.07) is 78.3. The smallest absolute Gasteiger partial charge is 0.148 e. The van der Waals surface area contributed by atoms with Crippen LogP contribution in [0, 0.1) is 5.82 Å². The molecule has 0 saturated heterocycles. The molecule has 306 valence electrons. The lowest BCUT2D eigenvalue weighted by atomic mass is 9.84. The molecule has 0 saturated carbocycles. The Morgan fingerprint density at radius 1 is 0.369 bits per heavy atom. The van der Waals surface area contributed by atoms with Crippen molar-refractivity contribution >= 4 is 43.1 Å². The first-order chi connectivity index (χ1) is 32.1. The molecule has 0 aliphatic heterocycles. The van der Waals surface area contributed by atoms with Crippen LogP contribution in [0.15, 0.2) is 231 Å². The van der Waals surface area contributed by atoms with Gasteiger partial charge in [-0.3, -0.25) is 4.57 Å². The van der Waals surface area contributed by atoms with Gasteiger partial charge in [0.15, 0.2) is 0 Å². The number of phenols is 1. The van der Waals surface area contributed by atoms with E-state index in [1.807, 2.05) is 89.5 Å². The van der Waals surface area contributed by atoms with E-state index in [-0.39, 0.29) is 5.75 Å². The van der Waals surface area contributed by atoms with E-state index < -0.39 is 5.82 Å². The molecule has 11 aromatic carbocycles. The van der Waals surface area contributed by atoms with Gasteiger partial charge in [0.1, 0.15) is 17.4 Å². The summed E-state index contributed by atoms with van der Waals surface area (Å²) in [7, 11) is 0. The van der Waals surface area contributed by atoms with Crippen LogP contribution in [0.3, 0.4) is 0 Å². The van der Waals surface area contributed by atoms with E-state index in [0.29, 0.717) is 11.4 Å². The molecule has 0 unspecified atom stereocenters. The third-order valence-electron chi connectivity index (χ3n) is 12.7. The number of phenolic OH excluding ortho intramolecular Hbond substituents is 1. The van der Waals surface area contributed by atoms with Crippen molar-refractivity contribution in [2.75, 3.05) is 0 Å². The Morgan fingerprint density at radius 2 is 0.862 bits per heavy atom. The number of aromatic nitrogens is 2. The zero-order valence-electron chi connectivity index (χ0n) is 35.2. The summed E-state index contributed by atoms with van der Waals surface area (Å²) in [5.74, 6) is 0.213. The molecular formula is C61H39FN2O. The van der Waals surface area contributed by atoms with Crippen LogP contribution in [0.4, 0.5) is 4.39 Å². The molecule has 0 radical (unpaired) electrons. The molecule has 1 aromatic heterocycles.